The molecule has 1 unspecified atom stereocenters. The van der Waals surface area contributed by atoms with Gasteiger partial charge in [0, 0.05) is 26.1 Å². The van der Waals surface area contributed by atoms with Crippen molar-refractivity contribution >= 4 is 5.91 Å². The van der Waals surface area contributed by atoms with Crippen molar-refractivity contribution in [3.63, 3.8) is 0 Å². The van der Waals surface area contributed by atoms with E-state index in [2.05, 4.69) is 23.5 Å². The van der Waals surface area contributed by atoms with Crippen LogP contribution in [0.25, 0.3) is 0 Å². The largest absolute Gasteiger partial charge is 0.341 e. The standard InChI is InChI=1S/C20H21N3O/c21-13-16-8-10-17(11-9-16)14-22-19(18-5-2-1-3-6-18)15-23-12-4-7-20(23)24/h1-3,5-6,8-11,19,22H,4,7,12,14-15H2. The molecular formula is C20H21N3O. The minimum Gasteiger partial charge on any atom is -0.341 e. The van der Waals surface area contributed by atoms with Crippen molar-refractivity contribution in [2.75, 3.05) is 13.1 Å². The second-order valence-corrected chi connectivity index (χ2v) is 6.10. The molecule has 0 radical (unpaired) electrons. The molecule has 1 aliphatic heterocycles. The predicted molar refractivity (Wildman–Crippen MR) is 93.0 cm³/mol. The van der Waals surface area contributed by atoms with Gasteiger partial charge in [-0.05, 0) is 29.7 Å². The maximum Gasteiger partial charge on any atom is 0.222 e. The average Bonchev–Trinajstić information content (AvgIpc) is 3.04. The minimum absolute atomic E-state index is 0.101. The van der Waals surface area contributed by atoms with Crippen LogP contribution in [0.4, 0.5) is 0 Å². The molecule has 1 amide bonds. The van der Waals surface area contributed by atoms with Gasteiger partial charge in [-0.2, -0.15) is 5.26 Å². The van der Waals surface area contributed by atoms with Crippen molar-refractivity contribution in [1.82, 2.24) is 10.2 Å². The number of hydrogen-bond donors (Lipinski definition) is 1. The molecule has 0 saturated carbocycles. The van der Waals surface area contributed by atoms with Crippen molar-refractivity contribution in [2.45, 2.75) is 25.4 Å². The van der Waals surface area contributed by atoms with Gasteiger partial charge in [-0.15, -0.1) is 0 Å². The Labute approximate surface area is 142 Å². The van der Waals surface area contributed by atoms with Crippen LogP contribution in [-0.4, -0.2) is 23.9 Å². The molecule has 122 valence electrons. The monoisotopic (exact) mass is 319 g/mol. The number of carbonyl (C=O) groups excluding carboxylic acids is 1. The van der Waals surface area contributed by atoms with E-state index >= 15 is 0 Å². The quantitative estimate of drug-likeness (QED) is 0.890. The number of hydrogen-bond acceptors (Lipinski definition) is 3. The summed E-state index contributed by atoms with van der Waals surface area (Å²) in [5, 5.41) is 12.4. The summed E-state index contributed by atoms with van der Waals surface area (Å²) >= 11 is 0. The highest BCUT2D eigenvalue weighted by atomic mass is 16.2. The van der Waals surface area contributed by atoms with Crippen LogP contribution >= 0.6 is 0 Å². The molecule has 4 heteroatoms. The summed E-state index contributed by atoms with van der Waals surface area (Å²) in [6.45, 7) is 2.24. The van der Waals surface area contributed by atoms with E-state index in [0.717, 1.165) is 18.5 Å². The lowest BCUT2D eigenvalue weighted by atomic mass is 10.1. The Balaban J connectivity index is 1.69. The fourth-order valence-electron chi connectivity index (χ4n) is 3.03. The highest BCUT2D eigenvalue weighted by Crippen LogP contribution is 2.19. The average molecular weight is 319 g/mol. The van der Waals surface area contributed by atoms with Crippen LogP contribution in [0.5, 0.6) is 0 Å². The summed E-state index contributed by atoms with van der Waals surface area (Å²) in [6.07, 6.45) is 1.62. The molecular weight excluding hydrogens is 298 g/mol. The lowest BCUT2D eigenvalue weighted by molar-refractivity contribution is -0.128. The number of benzene rings is 2. The number of carbonyl (C=O) groups is 1. The number of nitrogens with zero attached hydrogens (tertiary/aromatic N) is 2. The van der Waals surface area contributed by atoms with Crippen molar-refractivity contribution < 1.29 is 4.79 Å². The maximum absolute atomic E-state index is 12.0. The summed E-state index contributed by atoms with van der Waals surface area (Å²) < 4.78 is 0. The summed E-state index contributed by atoms with van der Waals surface area (Å²) in [5.74, 6) is 0.246. The maximum atomic E-state index is 12.0. The van der Waals surface area contributed by atoms with Crippen LogP contribution in [0.3, 0.4) is 0 Å². The number of amides is 1. The van der Waals surface area contributed by atoms with Gasteiger partial charge in [0.2, 0.25) is 5.91 Å². The molecule has 0 bridgehead atoms. The van der Waals surface area contributed by atoms with E-state index in [0.29, 0.717) is 25.1 Å². The zero-order chi connectivity index (χ0) is 16.8. The van der Waals surface area contributed by atoms with Crippen LogP contribution in [-0.2, 0) is 11.3 Å². The zero-order valence-electron chi connectivity index (χ0n) is 13.6. The Bertz CT molecular complexity index is 719. The molecule has 3 rings (SSSR count). The SMILES string of the molecule is N#Cc1ccc(CNC(CN2CCCC2=O)c2ccccc2)cc1. The van der Waals surface area contributed by atoms with Gasteiger partial charge in [-0.25, -0.2) is 0 Å². The predicted octanol–water partition coefficient (Wildman–Crippen LogP) is 3.01. The molecule has 24 heavy (non-hydrogen) atoms. The molecule has 1 atom stereocenters. The molecule has 1 heterocycles. The highest BCUT2D eigenvalue weighted by molar-refractivity contribution is 5.78. The van der Waals surface area contributed by atoms with Gasteiger partial charge in [0.1, 0.15) is 0 Å². The Kier molecular flexibility index (Phi) is 5.25. The molecule has 0 spiro atoms. The van der Waals surface area contributed by atoms with Crippen LogP contribution in [0.15, 0.2) is 54.6 Å². The number of likely N-dealkylation sites (tertiary alicyclic amines) is 1. The van der Waals surface area contributed by atoms with Crippen LogP contribution in [0.1, 0.15) is 35.6 Å². The summed E-state index contributed by atoms with van der Waals surface area (Å²) in [5.41, 5.74) is 2.98. The third kappa shape index (κ3) is 4.01. The number of nitrogens with one attached hydrogen (secondary N) is 1. The topological polar surface area (TPSA) is 56.1 Å². The molecule has 1 fully saturated rings. The van der Waals surface area contributed by atoms with Crippen molar-refractivity contribution in [3.05, 3.63) is 71.3 Å². The van der Waals surface area contributed by atoms with Gasteiger partial charge in [-0.3, -0.25) is 4.79 Å². The van der Waals surface area contributed by atoms with Crippen molar-refractivity contribution in [2.24, 2.45) is 0 Å². The van der Waals surface area contributed by atoms with Gasteiger partial charge in [0.05, 0.1) is 17.7 Å². The molecule has 1 saturated heterocycles. The fourth-order valence-corrected chi connectivity index (χ4v) is 3.03. The smallest absolute Gasteiger partial charge is 0.222 e. The molecule has 0 aromatic heterocycles. The van der Waals surface area contributed by atoms with E-state index in [1.54, 1.807) is 0 Å². The van der Waals surface area contributed by atoms with Crippen molar-refractivity contribution in [3.8, 4) is 6.07 Å². The number of rotatable bonds is 6. The van der Waals surface area contributed by atoms with Crippen LogP contribution in [0.2, 0.25) is 0 Å². The fraction of sp³-hybridized carbons (Fsp3) is 0.300. The lowest BCUT2D eigenvalue weighted by Crippen LogP contribution is -2.35. The first kappa shape index (κ1) is 16.2. The van der Waals surface area contributed by atoms with E-state index in [1.165, 1.54) is 5.56 Å². The zero-order valence-corrected chi connectivity index (χ0v) is 13.6. The summed E-state index contributed by atoms with van der Waals surface area (Å²) in [4.78, 5) is 13.9. The second-order valence-electron chi connectivity index (χ2n) is 6.10. The van der Waals surface area contributed by atoms with E-state index < -0.39 is 0 Å². The van der Waals surface area contributed by atoms with Gasteiger partial charge in [-0.1, -0.05) is 42.5 Å². The second kappa shape index (κ2) is 7.76. The lowest BCUT2D eigenvalue weighted by Gasteiger charge is -2.25. The van der Waals surface area contributed by atoms with Gasteiger partial charge < -0.3 is 10.2 Å². The van der Waals surface area contributed by atoms with E-state index in [4.69, 9.17) is 5.26 Å². The third-order valence-electron chi connectivity index (χ3n) is 4.41. The number of nitriles is 1. The Morgan fingerprint density at radius 3 is 2.50 bits per heavy atom. The normalized spacial score (nSPS) is 15.3. The molecule has 1 aliphatic rings. The van der Waals surface area contributed by atoms with Gasteiger partial charge in [0.25, 0.3) is 0 Å². The molecule has 2 aromatic carbocycles. The molecule has 1 N–H and O–H groups in total. The molecule has 0 aliphatic carbocycles. The third-order valence-corrected chi connectivity index (χ3v) is 4.41. The minimum atomic E-state index is 0.101. The van der Waals surface area contributed by atoms with Crippen LogP contribution < -0.4 is 5.32 Å². The summed E-state index contributed by atoms with van der Waals surface area (Å²) in [7, 11) is 0. The van der Waals surface area contributed by atoms with E-state index in [1.807, 2.05) is 47.4 Å². The molecule has 2 aromatic rings. The first-order chi connectivity index (χ1) is 11.8. The van der Waals surface area contributed by atoms with E-state index in [-0.39, 0.29) is 11.9 Å². The summed E-state index contributed by atoms with van der Waals surface area (Å²) in [6, 6.07) is 20.1. The Hall–Kier alpha value is -2.64. The van der Waals surface area contributed by atoms with E-state index in [9.17, 15) is 4.79 Å². The first-order valence-corrected chi connectivity index (χ1v) is 8.31. The highest BCUT2D eigenvalue weighted by Gasteiger charge is 2.24. The van der Waals surface area contributed by atoms with Crippen LogP contribution in [0, 0.1) is 11.3 Å². The molecule has 4 nitrogen and oxygen atoms in total. The van der Waals surface area contributed by atoms with Gasteiger partial charge in [0.15, 0.2) is 0 Å². The van der Waals surface area contributed by atoms with Gasteiger partial charge >= 0.3 is 0 Å². The Morgan fingerprint density at radius 1 is 1.12 bits per heavy atom. The first-order valence-electron chi connectivity index (χ1n) is 8.31. The Morgan fingerprint density at radius 2 is 1.88 bits per heavy atom. The van der Waals surface area contributed by atoms with Crippen molar-refractivity contribution in [1.29, 1.82) is 5.26 Å².